The molecule has 1 aromatic carbocycles. The maximum Gasteiger partial charge on any atom is 0.150 e. The van der Waals surface area contributed by atoms with Crippen LogP contribution in [0.3, 0.4) is 0 Å². The summed E-state index contributed by atoms with van der Waals surface area (Å²) >= 11 is 24.0. The average Bonchev–Trinajstić information content (AvgIpc) is 2.33. The average molecular weight is 321 g/mol. The second kappa shape index (κ2) is 5.45. The van der Waals surface area contributed by atoms with Gasteiger partial charge >= 0.3 is 0 Å². The number of rotatable bonds is 2. The molecule has 92 valence electrons. The van der Waals surface area contributed by atoms with E-state index in [-0.39, 0.29) is 15.2 Å². The monoisotopic (exact) mass is 319 g/mol. The van der Waals surface area contributed by atoms with Crippen molar-refractivity contribution in [1.29, 1.82) is 0 Å². The fraction of sp³-hybridized carbons (Fsp3) is 0. The SMILES string of the molecule is O=Cc1ccnc(Cl)c1-c1cc(Cl)cc(Cl)c1Cl. The molecule has 0 aliphatic carbocycles. The standard InChI is InChI=1S/C12H5Cl4NO/c13-7-3-8(11(15)9(14)4-7)10-6(5-18)1-2-17-12(10)16/h1-5H. The zero-order chi connectivity index (χ0) is 13.3. The maximum atomic E-state index is 11.0. The molecule has 2 aromatic rings. The van der Waals surface area contributed by atoms with Gasteiger partial charge in [-0.25, -0.2) is 4.98 Å². The van der Waals surface area contributed by atoms with Crippen molar-refractivity contribution in [2.75, 3.05) is 0 Å². The lowest BCUT2D eigenvalue weighted by Crippen LogP contribution is -1.92. The van der Waals surface area contributed by atoms with Crippen LogP contribution in [-0.2, 0) is 0 Å². The first-order chi connectivity index (χ1) is 8.54. The summed E-state index contributed by atoms with van der Waals surface area (Å²) in [5.41, 5.74) is 1.27. The van der Waals surface area contributed by atoms with Crippen LogP contribution in [0, 0.1) is 0 Å². The van der Waals surface area contributed by atoms with Gasteiger partial charge in [0.2, 0.25) is 0 Å². The Kier molecular flexibility index (Phi) is 4.13. The summed E-state index contributed by atoms with van der Waals surface area (Å²) in [5, 5.41) is 1.13. The number of aromatic nitrogens is 1. The highest BCUT2D eigenvalue weighted by molar-refractivity contribution is 6.45. The minimum atomic E-state index is 0.167. The normalized spacial score (nSPS) is 10.4. The van der Waals surface area contributed by atoms with Crippen molar-refractivity contribution in [3.63, 3.8) is 0 Å². The number of carbonyl (C=O) groups is 1. The second-order valence-corrected chi connectivity index (χ2v) is 5.01. The third-order valence-corrected chi connectivity index (χ3v) is 3.63. The van der Waals surface area contributed by atoms with Crippen molar-refractivity contribution in [3.8, 4) is 11.1 Å². The van der Waals surface area contributed by atoms with Gasteiger partial charge in [0.15, 0.2) is 6.29 Å². The van der Waals surface area contributed by atoms with Gasteiger partial charge in [-0.1, -0.05) is 46.4 Å². The summed E-state index contributed by atoms with van der Waals surface area (Å²) in [6.45, 7) is 0. The van der Waals surface area contributed by atoms with Crippen LogP contribution in [0.1, 0.15) is 10.4 Å². The van der Waals surface area contributed by atoms with E-state index in [0.717, 1.165) is 0 Å². The molecule has 2 rings (SSSR count). The van der Waals surface area contributed by atoms with Gasteiger partial charge < -0.3 is 0 Å². The zero-order valence-corrected chi connectivity index (χ0v) is 11.8. The molecule has 0 fully saturated rings. The molecule has 1 aromatic heterocycles. The lowest BCUT2D eigenvalue weighted by molar-refractivity contribution is 0.112. The van der Waals surface area contributed by atoms with Crippen LogP contribution in [0.4, 0.5) is 0 Å². The number of halogens is 4. The van der Waals surface area contributed by atoms with E-state index in [1.807, 2.05) is 0 Å². The van der Waals surface area contributed by atoms with Crippen LogP contribution in [0.15, 0.2) is 24.4 Å². The fourth-order valence-corrected chi connectivity index (χ4v) is 2.52. The molecule has 0 aliphatic heterocycles. The number of hydrogen-bond donors (Lipinski definition) is 0. The van der Waals surface area contributed by atoms with Crippen molar-refractivity contribution >= 4 is 52.7 Å². The highest BCUT2D eigenvalue weighted by Gasteiger charge is 2.16. The van der Waals surface area contributed by atoms with E-state index in [4.69, 9.17) is 46.4 Å². The molecule has 0 atom stereocenters. The molecule has 0 radical (unpaired) electrons. The van der Waals surface area contributed by atoms with Crippen LogP contribution in [0.5, 0.6) is 0 Å². The van der Waals surface area contributed by atoms with Crippen LogP contribution in [0.25, 0.3) is 11.1 Å². The predicted octanol–water partition coefficient (Wildman–Crippen LogP) is 5.17. The number of benzene rings is 1. The second-order valence-electron chi connectivity index (χ2n) is 3.43. The Morgan fingerprint density at radius 3 is 2.50 bits per heavy atom. The molecule has 0 saturated carbocycles. The van der Waals surface area contributed by atoms with E-state index in [1.165, 1.54) is 12.3 Å². The minimum absolute atomic E-state index is 0.167. The van der Waals surface area contributed by atoms with Gasteiger partial charge in [0.05, 0.1) is 10.0 Å². The lowest BCUT2D eigenvalue weighted by atomic mass is 10.0. The molecule has 0 unspecified atom stereocenters. The Bertz CT molecular complexity index is 628. The zero-order valence-electron chi connectivity index (χ0n) is 8.75. The molecule has 2 nitrogen and oxygen atoms in total. The summed E-state index contributed by atoms with van der Waals surface area (Å²) in [6, 6.07) is 4.64. The first-order valence-corrected chi connectivity index (χ1v) is 6.30. The van der Waals surface area contributed by atoms with E-state index in [1.54, 1.807) is 12.1 Å². The van der Waals surface area contributed by atoms with Gasteiger partial charge in [-0.3, -0.25) is 4.79 Å². The number of carbonyl (C=O) groups excluding carboxylic acids is 1. The molecule has 0 amide bonds. The van der Waals surface area contributed by atoms with Crippen molar-refractivity contribution < 1.29 is 4.79 Å². The fourth-order valence-electron chi connectivity index (χ4n) is 1.55. The molecule has 1 heterocycles. The Labute approximate surface area is 123 Å². The van der Waals surface area contributed by atoms with Crippen molar-refractivity contribution in [2.45, 2.75) is 0 Å². The summed E-state index contributed by atoms with van der Waals surface area (Å²) in [4.78, 5) is 15.0. The number of pyridine rings is 1. The smallest absolute Gasteiger partial charge is 0.150 e. The van der Waals surface area contributed by atoms with E-state index in [2.05, 4.69) is 4.98 Å². The molecule has 0 saturated heterocycles. The molecule has 18 heavy (non-hydrogen) atoms. The number of aldehydes is 1. The van der Waals surface area contributed by atoms with E-state index in [9.17, 15) is 4.79 Å². The van der Waals surface area contributed by atoms with Crippen LogP contribution in [-0.4, -0.2) is 11.3 Å². The molecule has 6 heteroatoms. The summed E-state index contributed by atoms with van der Waals surface area (Å²) in [6.07, 6.45) is 2.11. The van der Waals surface area contributed by atoms with Crippen LogP contribution in [0.2, 0.25) is 20.2 Å². The molecule has 0 aliphatic rings. The van der Waals surface area contributed by atoms with Gasteiger partial charge in [0, 0.05) is 27.9 Å². The Morgan fingerprint density at radius 1 is 1.11 bits per heavy atom. The first-order valence-electron chi connectivity index (χ1n) is 4.79. The third-order valence-electron chi connectivity index (χ3n) is 2.33. The van der Waals surface area contributed by atoms with Gasteiger partial charge in [-0.05, 0) is 18.2 Å². The van der Waals surface area contributed by atoms with Gasteiger partial charge in [-0.15, -0.1) is 0 Å². The first kappa shape index (κ1) is 13.6. The van der Waals surface area contributed by atoms with Crippen LogP contribution < -0.4 is 0 Å². The van der Waals surface area contributed by atoms with E-state index in [0.29, 0.717) is 28.0 Å². The van der Waals surface area contributed by atoms with Crippen molar-refractivity contribution in [3.05, 3.63) is 50.2 Å². The van der Waals surface area contributed by atoms with E-state index < -0.39 is 0 Å². The highest BCUT2D eigenvalue weighted by atomic mass is 35.5. The molecular weight excluding hydrogens is 316 g/mol. The molecule has 0 bridgehead atoms. The van der Waals surface area contributed by atoms with Gasteiger partial charge in [0.25, 0.3) is 0 Å². The van der Waals surface area contributed by atoms with Crippen molar-refractivity contribution in [2.24, 2.45) is 0 Å². The minimum Gasteiger partial charge on any atom is -0.298 e. The Morgan fingerprint density at radius 2 is 1.83 bits per heavy atom. The third kappa shape index (κ3) is 2.47. The predicted molar refractivity (Wildman–Crippen MR) is 75.1 cm³/mol. The highest BCUT2D eigenvalue weighted by Crippen LogP contribution is 2.39. The Hall–Kier alpha value is -0.800. The topological polar surface area (TPSA) is 30.0 Å². The Balaban J connectivity index is 2.80. The lowest BCUT2D eigenvalue weighted by Gasteiger charge is -2.10. The van der Waals surface area contributed by atoms with E-state index >= 15 is 0 Å². The summed E-state index contributed by atoms with van der Waals surface area (Å²) < 4.78 is 0. The molecule has 0 N–H and O–H groups in total. The summed E-state index contributed by atoms with van der Waals surface area (Å²) in [7, 11) is 0. The maximum absolute atomic E-state index is 11.0. The van der Waals surface area contributed by atoms with Gasteiger partial charge in [-0.2, -0.15) is 0 Å². The quantitative estimate of drug-likeness (QED) is 0.434. The number of hydrogen-bond acceptors (Lipinski definition) is 2. The van der Waals surface area contributed by atoms with Gasteiger partial charge in [0.1, 0.15) is 5.15 Å². The molecular formula is C12H5Cl4NO. The van der Waals surface area contributed by atoms with Crippen LogP contribution >= 0.6 is 46.4 Å². The summed E-state index contributed by atoms with van der Waals surface area (Å²) in [5.74, 6) is 0. The molecule has 0 spiro atoms. The largest absolute Gasteiger partial charge is 0.298 e. The number of nitrogens with zero attached hydrogens (tertiary/aromatic N) is 1. The van der Waals surface area contributed by atoms with Crippen molar-refractivity contribution in [1.82, 2.24) is 4.98 Å².